The summed E-state index contributed by atoms with van der Waals surface area (Å²) in [6, 6.07) is 5.27. The molecule has 0 aliphatic carbocycles. The fourth-order valence-corrected chi connectivity index (χ4v) is 1.88. The van der Waals surface area contributed by atoms with E-state index in [9.17, 15) is 4.79 Å². The number of hydrogen-bond donors (Lipinski definition) is 1. The number of unbranched alkanes of at least 4 members (excludes halogenated alkanes) is 2. The van der Waals surface area contributed by atoms with Crippen LogP contribution in [0.5, 0.6) is 11.5 Å². The molecule has 6 heteroatoms. The number of ether oxygens (including phenoxy) is 2. The first-order valence-corrected chi connectivity index (χ1v) is 6.74. The van der Waals surface area contributed by atoms with Crippen molar-refractivity contribution >= 4 is 23.6 Å². The SMILES string of the molecule is COc1cc(Cl)cc(/C=C/C(=O)O)c1OCCCCC#N. The number of carboxylic acids is 1. The van der Waals surface area contributed by atoms with Gasteiger partial charge in [-0.3, -0.25) is 0 Å². The maximum atomic E-state index is 10.6. The molecule has 1 aromatic carbocycles. The summed E-state index contributed by atoms with van der Waals surface area (Å²) >= 11 is 5.97. The number of carboxylic acid groups (broad SMARTS) is 1. The van der Waals surface area contributed by atoms with E-state index in [1.807, 2.05) is 0 Å². The number of carbonyl (C=O) groups is 1. The minimum Gasteiger partial charge on any atom is -0.493 e. The summed E-state index contributed by atoms with van der Waals surface area (Å²) < 4.78 is 10.9. The highest BCUT2D eigenvalue weighted by atomic mass is 35.5. The smallest absolute Gasteiger partial charge is 0.328 e. The van der Waals surface area contributed by atoms with Gasteiger partial charge in [-0.2, -0.15) is 5.26 Å². The lowest BCUT2D eigenvalue weighted by Crippen LogP contribution is -2.01. The van der Waals surface area contributed by atoms with Crippen LogP contribution in [0.4, 0.5) is 0 Å². The zero-order valence-corrected chi connectivity index (χ0v) is 12.4. The second-order valence-electron chi connectivity index (χ2n) is 4.16. The Morgan fingerprint density at radius 2 is 2.24 bits per heavy atom. The van der Waals surface area contributed by atoms with E-state index >= 15 is 0 Å². The van der Waals surface area contributed by atoms with Crippen LogP contribution in [0.15, 0.2) is 18.2 Å². The molecule has 112 valence electrons. The summed E-state index contributed by atoms with van der Waals surface area (Å²) in [6.07, 6.45) is 4.36. The topological polar surface area (TPSA) is 79.6 Å². The van der Waals surface area contributed by atoms with Crippen LogP contribution in [0.1, 0.15) is 24.8 Å². The number of nitrogens with zero attached hydrogens (tertiary/aromatic N) is 1. The van der Waals surface area contributed by atoms with Crippen LogP contribution < -0.4 is 9.47 Å². The van der Waals surface area contributed by atoms with Gasteiger partial charge in [0.05, 0.1) is 19.8 Å². The Bertz CT molecular complexity index is 564. The van der Waals surface area contributed by atoms with E-state index in [1.54, 1.807) is 12.1 Å². The zero-order valence-electron chi connectivity index (χ0n) is 11.6. The van der Waals surface area contributed by atoms with Crippen LogP contribution in [-0.2, 0) is 4.79 Å². The van der Waals surface area contributed by atoms with Gasteiger partial charge in [0.15, 0.2) is 11.5 Å². The molecule has 0 saturated carbocycles. The van der Waals surface area contributed by atoms with Gasteiger partial charge >= 0.3 is 5.97 Å². The molecular weight excluding hydrogens is 294 g/mol. The number of rotatable bonds is 8. The minimum absolute atomic E-state index is 0.410. The Morgan fingerprint density at radius 3 is 2.86 bits per heavy atom. The number of aliphatic carboxylic acids is 1. The van der Waals surface area contributed by atoms with Crippen molar-refractivity contribution in [1.29, 1.82) is 5.26 Å². The van der Waals surface area contributed by atoms with Crippen LogP contribution >= 0.6 is 11.6 Å². The van der Waals surface area contributed by atoms with E-state index < -0.39 is 5.97 Å². The van der Waals surface area contributed by atoms with Crippen molar-refractivity contribution < 1.29 is 19.4 Å². The monoisotopic (exact) mass is 309 g/mol. The Labute approximate surface area is 128 Å². The highest BCUT2D eigenvalue weighted by Gasteiger charge is 2.11. The van der Waals surface area contributed by atoms with Gasteiger partial charge < -0.3 is 14.6 Å². The third-order valence-electron chi connectivity index (χ3n) is 2.60. The fourth-order valence-electron chi connectivity index (χ4n) is 1.66. The van der Waals surface area contributed by atoms with Crippen molar-refractivity contribution in [3.05, 3.63) is 28.8 Å². The molecule has 0 atom stereocenters. The predicted octanol–water partition coefficient (Wildman–Crippen LogP) is 3.52. The molecule has 0 aliphatic heterocycles. The zero-order chi connectivity index (χ0) is 15.7. The van der Waals surface area contributed by atoms with Crippen LogP contribution in [-0.4, -0.2) is 24.8 Å². The van der Waals surface area contributed by atoms with Crippen molar-refractivity contribution in [2.24, 2.45) is 0 Å². The van der Waals surface area contributed by atoms with E-state index in [4.69, 9.17) is 31.4 Å². The maximum Gasteiger partial charge on any atom is 0.328 e. The summed E-state index contributed by atoms with van der Waals surface area (Å²) in [6.45, 7) is 0.410. The van der Waals surface area contributed by atoms with Gasteiger partial charge in [0.25, 0.3) is 0 Å². The molecule has 0 bridgehead atoms. The first-order valence-electron chi connectivity index (χ1n) is 6.36. The summed E-state index contributed by atoms with van der Waals surface area (Å²) in [4.78, 5) is 10.6. The second kappa shape index (κ2) is 8.88. The summed E-state index contributed by atoms with van der Waals surface area (Å²) in [7, 11) is 1.49. The Balaban J connectivity index is 2.92. The molecule has 1 rings (SSSR count). The predicted molar refractivity (Wildman–Crippen MR) is 79.6 cm³/mol. The molecule has 0 unspecified atom stereocenters. The molecule has 0 spiro atoms. The Morgan fingerprint density at radius 1 is 1.48 bits per heavy atom. The third kappa shape index (κ3) is 5.76. The maximum absolute atomic E-state index is 10.6. The van der Waals surface area contributed by atoms with Gasteiger partial charge in [0, 0.05) is 29.1 Å². The van der Waals surface area contributed by atoms with Gasteiger partial charge in [0.1, 0.15) is 0 Å². The van der Waals surface area contributed by atoms with Crippen molar-refractivity contribution in [2.45, 2.75) is 19.3 Å². The Hall–Kier alpha value is -2.19. The molecular formula is C15H16ClNO4. The lowest BCUT2D eigenvalue weighted by atomic mass is 10.1. The first kappa shape index (κ1) is 16.9. The van der Waals surface area contributed by atoms with Gasteiger partial charge in [-0.1, -0.05) is 11.6 Å². The van der Waals surface area contributed by atoms with Gasteiger partial charge in [-0.25, -0.2) is 4.79 Å². The van der Waals surface area contributed by atoms with Crippen molar-refractivity contribution in [3.63, 3.8) is 0 Å². The molecule has 1 N–H and O–H groups in total. The van der Waals surface area contributed by atoms with E-state index in [0.29, 0.717) is 35.1 Å². The Kier molecular flexibility index (Phi) is 7.13. The quantitative estimate of drug-likeness (QED) is 0.587. The highest BCUT2D eigenvalue weighted by molar-refractivity contribution is 6.31. The van der Waals surface area contributed by atoms with Crippen LogP contribution in [0.3, 0.4) is 0 Å². The lowest BCUT2D eigenvalue weighted by Gasteiger charge is -2.14. The van der Waals surface area contributed by atoms with Gasteiger partial charge in [-0.15, -0.1) is 0 Å². The molecule has 0 saturated heterocycles. The van der Waals surface area contributed by atoms with E-state index in [2.05, 4.69) is 6.07 Å². The molecule has 0 fully saturated rings. The summed E-state index contributed by atoms with van der Waals surface area (Å²) in [5, 5.41) is 17.6. The number of halogens is 1. The van der Waals surface area contributed by atoms with Crippen molar-refractivity contribution in [3.8, 4) is 17.6 Å². The van der Waals surface area contributed by atoms with E-state index in [0.717, 1.165) is 18.9 Å². The van der Waals surface area contributed by atoms with E-state index in [1.165, 1.54) is 13.2 Å². The standard InChI is InChI=1S/C15H16ClNO4/c1-20-13-10-12(16)9-11(5-6-14(18)19)15(13)21-8-4-2-3-7-17/h5-6,9-10H,2-4,8H2,1H3,(H,18,19)/b6-5+. The highest BCUT2D eigenvalue weighted by Crippen LogP contribution is 2.35. The fraction of sp³-hybridized carbons (Fsp3) is 0.333. The number of nitriles is 1. The lowest BCUT2D eigenvalue weighted by molar-refractivity contribution is -0.131. The minimum atomic E-state index is -1.06. The number of benzene rings is 1. The number of hydrogen-bond acceptors (Lipinski definition) is 4. The van der Waals surface area contributed by atoms with Gasteiger partial charge in [-0.05, 0) is 25.0 Å². The van der Waals surface area contributed by atoms with Gasteiger partial charge in [0.2, 0.25) is 0 Å². The summed E-state index contributed by atoms with van der Waals surface area (Å²) in [5.74, 6) is -0.182. The molecule has 0 radical (unpaired) electrons. The largest absolute Gasteiger partial charge is 0.493 e. The normalized spacial score (nSPS) is 10.3. The average Bonchev–Trinajstić information content (AvgIpc) is 2.45. The average molecular weight is 310 g/mol. The van der Waals surface area contributed by atoms with Crippen LogP contribution in [0.25, 0.3) is 6.08 Å². The van der Waals surface area contributed by atoms with E-state index in [-0.39, 0.29) is 0 Å². The van der Waals surface area contributed by atoms with Crippen molar-refractivity contribution in [1.82, 2.24) is 0 Å². The second-order valence-corrected chi connectivity index (χ2v) is 4.60. The number of methoxy groups -OCH3 is 1. The molecule has 0 amide bonds. The van der Waals surface area contributed by atoms with Crippen LogP contribution in [0, 0.1) is 11.3 Å². The third-order valence-corrected chi connectivity index (χ3v) is 2.82. The first-order chi connectivity index (χ1) is 10.1. The molecule has 0 heterocycles. The molecule has 0 aliphatic rings. The summed E-state index contributed by atoms with van der Waals surface area (Å²) in [5.41, 5.74) is 0.530. The molecule has 0 aromatic heterocycles. The molecule has 1 aromatic rings. The van der Waals surface area contributed by atoms with Crippen LogP contribution in [0.2, 0.25) is 5.02 Å². The molecule has 21 heavy (non-hydrogen) atoms. The molecule has 5 nitrogen and oxygen atoms in total. The van der Waals surface area contributed by atoms with Crippen molar-refractivity contribution in [2.75, 3.05) is 13.7 Å².